The zero-order chi connectivity index (χ0) is 22.5. The number of nitrogens with one attached hydrogen (secondary N) is 1. The van der Waals surface area contributed by atoms with Crippen molar-refractivity contribution in [3.63, 3.8) is 0 Å². The molecular weight excluding hydrogens is 411 g/mol. The number of benzene rings is 2. The molecule has 4 rings (SSSR count). The van der Waals surface area contributed by atoms with Gasteiger partial charge in [0.1, 0.15) is 5.82 Å². The second-order valence-electron chi connectivity index (χ2n) is 7.55. The Hall–Kier alpha value is -3.81. The Morgan fingerprint density at radius 3 is 2.38 bits per heavy atom. The van der Waals surface area contributed by atoms with E-state index in [4.69, 9.17) is 4.74 Å². The average molecular weight is 434 g/mol. The Balaban J connectivity index is 1.40. The van der Waals surface area contributed by atoms with Crippen molar-refractivity contribution in [1.82, 2.24) is 20.4 Å². The highest BCUT2D eigenvalue weighted by Crippen LogP contribution is 2.25. The maximum Gasteiger partial charge on any atom is 0.254 e. The van der Waals surface area contributed by atoms with Crippen molar-refractivity contribution in [3.8, 4) is 17.1 Å². The van der Waals surface area contributed by atoms with Gasteiger partial charge in [0.25, 0.3) is 11.8 Å². The molecule has 3 aromatic rings. The second kappa shape index (κ2) is 9.55. The van der Waals surface area contributed by atoms with Crippen molar-refractivity contribution in [2.24, 2.45) is 0 Å². The first kappa shape index (κ1) is 21.4. The van der Waals surface area contributed by atoms with Crippen LogP contribution in [0.3, 0.4) is 0 Å². The summed E-state index contributed by atoms with van der Waals surface area (Å²) >= 11 is 0. The van der Waals surface area contributed by atoms with Crippen molar-refractivity contribution in [3.05, 3.63) is 77.6 Å². The highest BCUT2D eigenvalue weighted by Gasteiger charge is 2.26. The number of hydrogen-bond donors (Lipinski definition) is 1. The van der Waals surface area contributed by atoms with E-state index in [1.807, 2.05) is 18.2 Å². The summed E-state index contributed by atoms with van der Waals surface area (Å²) in [7, 11) is 1.52. The molecule has 0 saturated carbocycles. The summed E-state index contributed by atoms with van der Waals surface area (Å²) in [5.41, 5.74) is 2.27. The highest BCUT2D eigenvalue weighted by atomic mass is 19.1. The third-order valence-electron chi connectivity index (χ3n) is 5.51. The first-order valence-electron chi connectivity index (χ1n) is 10.4. The maximum atomic E-state index is 13.2. The van der Waals surface area contributed by atoms with Crippen LogP contribution in [0.15, 0.2) is 60.7 Å². The minimum atomic E-state index is -0.380. The van der Waals surface area contributed by atoms with Crippen molar-refractivity contribution in [2.75, 3.05) is 20.2 Å². The molecule has 164 valence electrons. The minimum Gasteiger partial charge on any atom is -0.480 e. The topological polar surface area (TPSA) is 84.4 Å². The van der Waals surface area contributed by atoms with E-state index in [-0.39, 0.29) is 23.7 Å². The van der Waals surface area contributed by atoms with Gasteiger partial charge in [-0.3, -0.25) is 9.59 Å². The Kier molecular flexibility index (Phi) is 6.39. The molecule has 1 saturated heterocycles. The zero-order valence-electron chi connectivity index (χ0n) is 17.6. The zero-order valence-corrected chi connectivity index (χ0v) is 17.6. The number of amides is 2. The van der Waals surface area contributed by atoms with E-state index in [9.17, 15) is 14.0 Å². The molecule has 32 heavy (non-hydrogen) atoms. The van der Waals surface area contributed by atoms with Crippen molar-refractivity contribution >= 4 is 11.8 Å². The lowest BCUT2D eigenvalue weighted by atomic mass is 10.00. The third-order valence-corrected chi connectivity index (χ3v) is 5.51. The van der Waals surface area contributed by atoms with E-state index in [2.05, 4.69) is 15.5 Å². The van der Waals surface area contributed by atoms with Gasteiger partial charge in [0.2, 0.25) is 5.88 Å². The third kappa shape index (κ3) is 4.74. The first-order valence-corrected chi connectivity index (χ1v) is 10.4. The van der Waals surface area contributed by atoms with Gasteiger partial charge in [-0.2, -0.15) is 0 Å². The normalized spacial score (nSPS) is 14.1. The van der Waals surface area contributed by atoms with Crippen LogP contribution in [0.25, 0.3) is 11.3 Å². The smallest absolute Gasteiger partial charge is 0.254 e. The molecule has 1 N–H and O–H groups in total. The van der Waals surface area contributed by atoms with Crippen LogP contribution in [0.1, 0.15) is 33.6 Å². The molecule has 2 amide bonds. The van der Waals surface area contributed by atoms with Crippen LogP contribution in [-0.2, 0) is 0 Å². The summed E-state index contributed by atoms with van der Waals surface area (Å²) in [6, 6.07) is 16.2. The molecule has 0 aliphatic carbocycles. The summed E-state index contributed by atoms with van der Waals surface area (Å²) in [6.45, 7) is 1.05. The molecule has 0 atom stereocenters. The lowest BCUT2D eigenvalue weighted by Crippen LogP contribution is -2.46. The number of hydrogen-bond acceptors (Lipinski definition) is 5. The largest absolute Gasteiger partial charge is 0.480 e. The molecule has 0 radical (unpaired) electrons. The maximum absolute atomic E-state index is 13.2. The Morgan fingerprint density at radius 1 is 1.00 bits per heavy atom. The van der Waals surface area contributed by atoms with Crippen LogP contribution in [0, 0.1) is 5.82 Å². The number of nitrogens with zero attached hydrogens (tertiary/aromatic N) is 3. The number of carbonyl (C=O) groups is 2. The molecule has 7 nitrogen and oxygen atoms in total. The van der Waals surface area contributed by atoms with Crippen LogP contribution < -0.4 is 10.1 Å². The van der Waals surface area contributed by atoms with E-state index in [1.165, 1.54) is 31.4 Å². The molecular formula is C24H23FN4O3. The number of likely N-dealkylation sites (tertiary alicyclic amines) is 1. The molecule has 1 fully saturated rings. The average Bonchev–Trinajstić information content (AvgIpc) is 2.84. The van der Waals surface area contributed by atoms with E-state index in [1.54, 1.807) is 23.1 Å². The minimum absolute atomic E-state index is 0.0423. The SMILES string of the molecule is COc1ccc(-c2ccccc2C(=O)N2CCC(NC(=O)c3ccc(F)cc3)CC2)nn1. The van der Waals surface area contributed by atoms with Gasteiger partial charge < -0.3 is 15.0 Å². The number of methoxy groups -OCH3 is 1. The summed E-state index contributed by atoms with van der Waals surface area (Å²) in [5, 5.41) is 11.1. The van der Waals surface area contributed by atoms with Gasteiger partial charge in [-0.25, -0.2) is 4.39 Å². The Bertz CT molecular complexity index is 1090. The van der Waals surface area contributed by atoms with E-state index in [0.29, 0.717) is 54.2 Å². The summed E-state index contributed by atoms with van der Waals surface area (Å²) < 4.78 is 18.1. The van der Waals surface area contributed by atoms with Gasteiger partial charge in [-0.1, -0.05) is 18.2 Å². The first-order chi connectivity index (χ1) is 15.5. The summed E-state index contributed by atoms with van der Waals surface area (Å²) in [4.78, 5) is 27.4. The van der Waals surface area contributed by atoms with Crippen LogP contribution >= 0.6 is 0 Å². The molecule has 1 aliphatic heterocycles. The van der Waals surface area contributed by atoms with Gasteiger partial charge in [-0.05, 0) is 49.2 Å². The number of carbonyl (C=O) groups excluding carboxylic acids is 2. The van der Waals surface area contributed by atoms with E-state index >= 15 is 0 Å². The lowest BCUT2D eigenvalue weighted by Gasteiger charge is -2.32. The van der Waals surface area contributed by atoms with Gasteiger partial charge in [0, 0.05) is 41.9 Å². The molecule has 2 heterocycles. The van der Waals surface area contributed by atoms with Gasteiger partial charge in [-0.15, -0.1) is 10.2 Å². The fraction of sp³-hybridized carbons (Fsp3) is 0.250. The molecule has 0 spiro atoms. The molecule has 0 bridgehead atoms. The summed E-state index contributed by atoms with van der Waals surface area (Å²) in [6.07, 6.45) is 1.28. The predicted octanol–water partition coefficient (Wildman–Crippen LogP) is 3.33. The number of aromatic nitrogens is 2. The molecule has 2 aromatic carbocycles. The second-order valence-corrected chi connectivity index (χ2v) is 7.55. The van der Waals surface area contributed by atoms with Crippen molar-refractivity contribution < 1.29 is 18.7 Å². The number of piperidine rings is 1. The highest BCUT2D eigenvalue weighted by molar-refractivity contribution is 6.00. The standard InChI is InChI=1S/C24H23FN4O3/c1-32-22-11-10-21(27-28-22)19-4-2-3-5-20(19)24(31)29-14-12-18(13-15-29)26-23(30)16-6-8-17(25)9-7-16/h2-11,18H,12-15H2,1H3,(H,26,30). The lowest BCUT2D eigenvalue weighted by molar-refractivity contribution is 0.0699. The van der Waals surface area contributed by atoms with Crippen LogP contribution in [0.2, 0.25) is 0 Å². The van der Waals surface area contributed by atoms with E-state index < -0.39 is 0 Å². The van der Waals surface area contributed by atoms with Gasteiger partial charge in [0.05, 0.1) is 12.8 Å². The number of ether oxygens (including phenoxy) is 1. The van der Waals surface area contributed by atoms with Crippen LogP contribution in [0.4, 0.5) is 4.39 Å². The van der Waals surface area contributed by atoms with Crippen LogP contribution in [0.5, 0.6) is 5.88 Å². The predicted molar refractivity (Wildman–Crippen MR) is 117 cm³/mol. The van der Waals surface area contributed by atoms with Crippen LogP contribution in [-0.4, -0.2) is 53.2 Å². The molecule has 1 aliphatic rings. The fourth-order valence-corrected chi connectivity index (χ4v) is 3.73. The molecule has 8 heteroatoms. The van der Waals surface area contributed by atoms with E-state index in [0.717, 1.165) is 0 Å². The number of halogens is 1. The van der Waals surface area contributed by atoms with Gasteiger partial charge in [0.15, 0.2) is 0 Å². The number of rotatable bonds is 5. The van der Waals surface area contributed by atoms with Crippen molar-refractivity contribution in [2.45, 2.75) is 18.9 Å². The monoisotopic (exact) mass is 434 g/mol. The molecule has 0 unspecified atom stereocenters. The van der Waals surface area contributed by atoms with Gasteiger partial charge >= 0.3 is 0 Å². The summed E-state index contributed by atoms with van der Waals surface area (Å²) in [5.74, 6) is -0.295. The molecule has 1 aromatic heterocycles. The Labute approximate surface area is 185 Å². The quantitative estimate of drug-likeness (QED) is 0.666. The fourth-order valence-electron chi connectivity index (χ4n) is 3.73. The Morgan fingerprint density at radius 2 is 1.72 bits per heavy atom. The van der Waals surface area contributed by atoms with Crippen molar-refractivity contribution in [1.29, 1.82) is 0 Å².